The molecular formula is C21H22BrN3O5S. The second kappa shape index (κ2) is 10.2. The number of halogens is 1. The number of amides is 2. The van der Waals surface area contributed by atoms with Crippen molar-refractivity contribution >= 4 is 45.5 Å². The lowest BCUT2D eigenvalue weighted by Gasteiger charge is -2.31. The Morgan fingerprint density at radius 3 is 2.61 bits per heavy atom. The summed E-state index contributed by atoms with van der Waals surface area (Å²) >= 11 is 4.52. The van der Waals surface area contributed by atoms with Gasteiger partial charge in [-0.3, -0.25) is 14.4 Å². The number of rotatable bonds is 6. The number of nitrogens with zero attached hydrogens (tertiary/aromatic N) is 2. The Bertz CT molecular complexity index is 968. The van der Waals surface area contributed by atoms with Crippen molar-refractivity contribution in [2.45, 2.75) is 18.8 Å². The maximum absolute atomic E-state index is 12.9. The molecule has 1 saturated heterocycles. The molecule has 2 amide bonds. The third-order valence-electron chi connectivity index (χ3n) is 5.32. The van der Waals surface area contributed by atoms with Gasteiger partial charge in [-0.2, -0.15) is 5.26 Å². The fourth-order valence-electron chi connectivity index (χ4n) is 3.75. The number of thioether (sulfide) groups is 1. The largest absolute Gasteiger partial charge is 0.496 e. The third-order valence-corrected chi connectivity index (χ3v) is 6.94. The molecule has 0 radical (unpaired) electrons. The molecule has 0 saturated carbocycles. The van der Waals surface area contributed by atoms with Crippen molar-refractivity contribution in [3.05, 3.63) is 38.8 Å². The van der Waals surface area contributed by atoms with Crippen LogP contribution in [0, 0.1) is 17.2 Å². The zero-order chi connectivity index (χ0) is 22.5. The van der Waals surface area contributed by atoms with Gasteiger partial charge in [0, 0.05) is 19.0 Å². The molecule has 10 heteroatoms. The van der Waals surface area contributed by atoms with E-state index in [0.29, 0.717) is 15.8 Å². The maximum atomic E-state index is 12.9. The molecule has 1 fully saturated rings. The Kier molecular flexibility index (Phi) is 7.62. The van der Waals surface area contributed by atoms with Crippen LogP contribution in [0.5, 0.6) is 5.75 Å². The van der Waals surface area contributed by atoms with E-state index in [0.717, 1.165) is 37.7 Å². The number of nitriles is 1. The number of carbonyl (C=O) groups is 3. The fraction of sp³-hybridized carbons (Fsp3) is 0.429. The summed E-state index contributed by atoms with van der Waals surface area (Å²) in [7, 11) is 2.73. The van der Waals surface area contributed by atoms with Crippen molar-refractivity contribution in [3.63, 3.8) is 0 Å². The molecule has 1 N–H and O–H groups in total. The molecule has 0 spiro atoms. The molecule has 0 unspecified atom stereocenters. The van der Waals surface area contributed by atoms with Crippen LogP contribution in [0.4, 0.5) is 0 Å². The first-order chi connectivity index (χ1) is 14.9. The van der Waals surface area contributed by atoms with E-state index in [1.165, 1.54) is 14.2 Å². The first-order valence-electron chi connectivity index (χ1n) is 9.68. The molecule has 2 heterocycles. The second-order valence-electron chi connectivity index (χ2n) is 7.09. The average Bonchev–Trinajstić information content (AvgIpc) is 3.31. The quantitative estimate of drug-likeness (QED) is 0.465. The fourth-order valence-corrected chi connectivity index (χ4v) is 5.26. The molecule has 164 valence electrons. The van der Waals surface area contributed by atoms with E-state index in [9.17, 15) is 19.6 Å². The van der Waals surface area contributed by atoms with E-state index < -0.39 is 23.7 Å². The van der Waals surface area contributed by atoms with Gasteiger partial charge in [-0.05, 0) is 46.5 Å². The summed E-state index contributed by atoms with van der Waals surface area (Å²) in [6.45, 7) is 1.45. The van der Waals surface area contributed by atoms with Crippen LogP contribution in [-0.2, 0) is 19.1 Å². The average molecular weight is 508 g/mol. The summed E-state index contributed by atoms with van der Waals surface area (Å²) in [6.07, 6.45) is 1.96. The number of nitrogens with one attached hydrogen (secondary N) is 1. The highest BCUT2D eigenvalue weighted by atomic mass is 79.9. The van der Waals surface area contributed by atoms with Crippen molar-refractivity contribution in [3.8, 4) is 11.8 Å². The van der Waals surface area contributed by atoms with Gasteiger partial charge in [-0.25, -0.2) is 0 Å². The zero-order valence-electron chi connectivity index (χ0n) is 17.1. The lowest BCUT2D eigenvalue weighted by Crippen LogP contribution is -2.44. The number of hydrogen-bond acceptors (Lipinski definition) is 7. The Hall–Kier alpha value is -2.51. The van der Waals surface area contributed by atoms with Gasteiger partial charge in [0.25, 0.3) is 0 Å². The van der Waals surface area contributed by atoms with Crippen molar-refractivity contribution in [1.29, 1.82) is 5.26 Å². The summed E-state index contributed by atoms with van der Waals surface area (Å²) in [5, 5.41) is 12.9. The minimum absolute atomic E-state index is 0.0413. The van der Waals surface area contributed by atoms with Crippen LogP contribution < -0.4 is 10.1 Å². The van der Waals surface area contributed by atoms with Gasteiger partial charge >= 0.3 is 5.97 Å². The minimum Gasteiger partial charge on any atom is -0.496 e. The predicted molar refractivity (Wildman–Crippen MR) is 118 cm³/mol. The van der Waals surface area contributed by atoms with Gasteiger partial charge in [0.1, 0.15) is 11.7 Å². The number of ether oxygens (including phenoxy) is 2. The van der Waals surface area contributed by atoms with Crippen LogP contribution in [0.3, 0.4) is 0 Å². The van der Waals surface area contributed by atoms with Crippen molar-refractivity contribution in [1.82, 2.24) is 10.2 Å². The number of methoxy groups -OCH3 is 2. The van der Waals surface area contributed by atoms with E-state index in [2.05, 4.69) is 27.3 Å². The first kappa shape index (κ1) is 23.2. The number of esters is 1. The molecule has 0 aliphatic carbocycles. The van der Waals surface area contributed by atoms with E-state index in [1.54, 1.807) is 23.1 Å². The molecule has 1 aromatic carbocycles. The number of likely N-dealkylation sites (tertiary alicyclic amines) is 1. The summed E-state index contributed by atoms with van der Waals surface area (Å²) in [6, 6.07) is 7.25. The Morgan fingerprint density at radius 2 is 2.03 bits per heavy atom. The summed E-state index contributed by atoms with van der Waals surface area (Å²) in [4.78, 5) is 39.5. The summed E-state index contributed by atoms with van der Waals surface area (Å²) in [5.41, 5.74) is 0.796. The van der Waals surface area contributed by atoms with E-state index in [4.69, 9.17) is 9.47 Å². The predicted octanol–water partition coefficient (Wildman–Crippen LogP) is 2.55. The first-order valence-corrected chi connectivity index (χ1v) is 11.5. The molecule has 3 rings (SSSR count). The van der Waals surface area contributed by atoms with E-state index in [-0.39, 0.29) is 22.3 Å². The van der Waals surface area contributed by atoms with E-state index in [1.807, 2.05) is 0 Å². The standard InChI is InChI=1S/C21H22BrN3O5S/c1-29-15-6-5-12(9-14(15)22)17-13(10-23)20(24-19(27)18(17)21(28)30-2)31-11-16(26)25-7-3-4-8-25/h5-6,9,17-18H,3-4,7-8,11H2,1-2H3,(H,24,27)/t17-,18-/m0/s1. The Morgan fingerprint density at radius 1 is 1.32 bits per heavy atom. The Balaban J connectivity index is 1.98. The van der Waals surface area contributed by atoms with Crippen molar-refractivity contribution < 1.29 is 23.9 Å². The van der Waals surface area contributed by atoms with Crippen LogP contribution in [0.25, 0.3) is 0 Å². The van der Waals surface area contributed by atoms with Crippen LogP contribution in [0.2, 0.25) is 0 Å². The topological polar surface area (TPSA) is 109 Å². The Labute approximate surface area is 193 Å². The van der Waals surface area contributed by atoms with Gasteiger partial charge in [-0.15, -0.1) is 0 Å². The summed E-state index contributed by atoms with van der Waals surface area (Å²) < 4.78 is 10.7. The molecule has 0 aromatic heterocycles. The normalized spacial score (nSPS) is 20.8. The molecule has 1 aromatic rings. The van der Waals surface area contributed by atoms with E-state index >= 15 is 0 Å². The van der Waals surface area contributed by atoms with Crippen molar-refractivity contribution in [2.24, 2.45) is 5.92 Å². The number of allylic oxidation sites excluding steroid dienone is 1. The van der Waals surface area contributed by atoms with Crippen molar-refractivity contribution in [2.75, 3.05) is 33.1 Å². The maximum Gasteiger partial charge on any atom is 0.319 e. The molecule has 0 bridgehead atoms. The van der Waals surface area contributed by atoms with Gasteiger partial charge in [0.2, 0.25) is 11.8 Å². The molecule has 8 nitrogen and oxygen atoms in total. The lowest BCUT2D eigenvalue weighted by molar-refractivity contribution is -0.150. The monoisotopic (exact) mass is 507 g/mol. The molecule has 2 atom stereocenters. The molecular weight excluding hydrogens is 486 g/mol. The number of hydrogen-bond donors (Lipinski definition) is 1. The van der Waals surface area contributed by atoms with Crippen LogP contribution in [0.15, 0.2) is 33.3 Å². The van der Waals surface area contributed by atoms with Crippen LogP contribution in [0.1, 0.15) is 24.3 Å². The van der Waals surface area contributed by atoms with Crippen LogP contribution in [-0.4, -0.2) is 55.7 Å². The molecule has 2 aliphatic rings. The number of benzene rings is 1. The SMILES string of the molecule is COC(=O)[C@@H]1C(=O)NC(SCC(=O)N2CCCC2)=C(C#N)[C@@H]1c1ccc(OC)c(Br)c1. The molecule has 31 heavy (non-hydrogen) atoms. The highest BCUT2D eigenvalue weighted by molar-refractivity contribution is 9.10. The summed E-state index contributed by atoms with van der Waals surface area (Å²) in [5.74, 6) is -2.75. The third kappa shape index (κ3) is 4.88. The van der Waals surface area contributed by atoms with Gasteiger partial charge < -0.3 is 19.7 Å². The molecule has 2 aliphatic heterocycles. The highest BCUT2D eigenvalue weighted by Crippen LogP contribution is 2.42. The lowest BCUT2D eigenvalue weighted by atomic mass is 9.78. The smallest absolute Gasteiger partial charge is 0.319 e. The van der Waals surface area contributed by atoms with Gasteiger partial charge in [-0.1, -0.05) is 17.8 Å². The highest BCUT2D eigenvalue weighted by Gasteiger charge is 2.44. The minimum atomic E-state index is -1.22. The van der Waals surface area contributed by atoms with Crippen LogP contribution >= 0.6 is 27.7 Å². The second-order valence-corrected chi connectivity index (χ2v) is 8.93. The number of carbonyl (C=O) groups excluding carboxylic acids is 3. The zero-order valence-corrected chi connectivity index (χ0v) is 19.5. The van der Waals surface area contributed by atoms with Gasteiger partial charge in [0.05, 0.1) is 41.1 Å². The van der Waals surface area contributed by atoms with Gasteiger partial charge in [0.15, 0.2) is 0 Å².